The van der Waals surface area contributed by atoms with E-state index in [9.17, 15) is 0 Å². The van der Waals surface area contributed by atoms with E-state index in [4.69, 9.17) is 0 Å². The first-order valence-corrected chi connectivity index (χ1v) is 5.70. The van der Waals surface area contributed by atoms with Gasteiger partial charge in [0.15, 0.2) is 0 Å². The summed E-state index contributed by atoms with van der Waals surface area (Å²) in [6, 6.07) is 0. The predicted octanol–water partition coefficient (Wildman–Crippen LogP) is 2.35. The quantitative estimate of drug-likeness (QED) is 0.628. The van der Waals surface area contributed by atoms with Crippen molar-refractivity contribution in [3.8, 4) is 0 Å². The molecule has 13 heavy (non-hydrogen) atoms. The summed E-state index contributed by atoms with van der Waals surface area (Å²) in [6.07, 6.45) is 2.55. The molecule has 0 unspecified atom stereocenters. The summed E-state index contributed by atoms with van der Waals surface area (Å²) < 4.78 is 0. The standard InChI is InChI=1S/C6H14N2.C3H8.C2H6/c1-8-5-2-3-7-4-6-8;1-3-2;1-2/h7H,2-6H2,1H3;3H2,1-2H3;1-2H3. The van der Waals surface area contributed by atoms with E-state index < -0.39 is 0 Å². The van der Waals surface area contributed by atoms with Crippen molar-refractivity contribution in [1.29, 1.82) is 0 Å². The molecule has 0 amide bonds. The van der Waals surface area contributed by atoms with Crippen LogP contribution >= 0.6 is 0 Å². The molecule has 0 bridgehead atoms. The van der Waals surface area contributed by atoms with Crippen LogP contribution in [0.3, 0.4) is 0 Å². The van der Waals surface area contributed by atoms with Crippen LogP contribution in [0.2, 0.25) is 0 Å². The van der Waals surface area contributed by atoms with Crippen molar-refractivity contribution in [1.82, 2.24) is 10.2 Å². The zero-order chi connectivity index (χ0) is 10.5. The van der Waals surface area contributed by atoms with Gasteiger partial charge in [0, 0.05) is 13.1 Å². The van der Waals surface area contributed by atoms with Crippen molar-refractivity contribution < 1.29 is 0 Å². The van der Waals surface area contributed by atoms with Crippen LogP contribution in [0.25, 0.3) is 0 Å². The Morgan fingerprint density at radius 2 is 1.62 bits per heavy atom. The highest BCUT2D eigenvalue weighted by Crippen LogP contribution is 1.88. The van der Waals surface area contributed by atoms with E-state index in [-0.39, 0.29) is 0 Å². The average molecular weight is 188 g/mol. The van der Waals surface area contributed by atoms with Gasteiger partial charge in [-0.3, -0.25) is 0 Å². The largest absolute Gasteiger partial charge is 0.315 e. The van der Waals surface area contributed by atoms with Gasteiger partial charge in [-0.05, 0) is 26.6 Å². The Labute approximate surface area is 84.7 Å². The number of hydrogen-bond donors (Lipinski definition) is 1. The van der Waals surface area contributed by atoms with E-state index in [1.54, 1.807) is 0 Å². The third kappa shape index (κ3) is 14.7. The second-order valence-corrected chi connectivity index (χ2v) is 3.11. The molecule has 1 heterocycles. The maximum absolute atomic E-state index is 3.34. The van der Waals surface area contributed by atoms with Crippen molar-refractivity contribution in [2.75, 3.05) is 33.2 Å². The van der Waals surface area contributed by atoms with Crippen LogP contribution in [0.1, 0.15) is 40.5 Å². The van der Waals surface area contributed by atoms with Gasteiger partial charge in [0.1, 0.15) is 0 Å². The number of nitrogens with zero attached hydrogens (tertiary/aromatic N) is 1. The highest BCUT2D eigenvalue weighted by Gasteiger charge is 2.00. The normalized spacial score (nSPS) is 17.3. The highest BCUT2D eigenvalue weighted by molar-refractivity contribution is 4.60. The molecule has 1 aliphatic rings. The van der Waals surface area contributed by atoms with Gasteiger partial charge in [-0.15, -0.1) is 0 Å². The van der Waals surface area contributed by atoms with Gasteiger partial charge in [-0.1, -0.05) is 34.1 Å². The van der Waals surface area contributed by atoms with E-state index >= 15 is 0 Å². The Morgan fingerprint density at radius 3 is 2.15 bits per heavy atom. The minimum Gasteiger partial charge on any atom is -0.315 e. The SMILES string of the molecule is CC.CCC.CN1CCCNCC1. The lowest BCUT2D eigenvalue weighted by Crippen LogP contribution is -2.23. The maximum atomic E-state index is 3.34. The van der Waals surface area contributed by atoms with Gasteiger partial charge in [0.05, 0.1) is 0 Å². The molecule has 82 valence electrons. The first-order valence-electron chi connectivity index (χ1n) is 5.70. The van der Waals surface area contributed by atoms with Crippen LogP contribution in [0.4, 0.5) is 0 Å². The molecule has 0 aromatic rings. The Morgan fingerprint density at radius 1 is 1.08 bits per heavy atom. The van der Waals surface area contributed by atoms with Crippen molar-refractivity contribution in [2.24, 2.45) is 0 Å². The van der Waals surface area contributed by atoms with Gasteiger partial charge in [-0.25, -0.2) is 0 Å². The number of likely N-dealkylation sites (N-methyl/N-ethyl adjacent to an activating group) is 1. The molecule has 0 spiro atoms. The molecular weight excluding hydrogens is 160 g/mol. The van der Waals surface area contributed by atoms with Gasteiger partial charge in [-0.2, -0.15) is 0 Å². The van der Waals surface area contributed by atoms with E-state index in [1.165, 1.54) is 32.5 Å². The summed E-state index contributed by atoms with van der Waals surface area (Å²) >= 11 is 0. The Kier molecular flexibility index (Phi) is 17.1. The fourth-order valence-electron chi connectivity index (χ4n) is 0.981. The molecule has 2 nitrogen and oxygen atoms in total. The summed E-state index contributed by atoms with van der Waals surface area (Å²) in [5.41, 5.74) is 0. The van der Waals surface area contributed by atoms with Crippen LogP contribution in [-0.4, -0.2) is 38.1 Å². The van der Waals surface area contributed by atoms with Crippen molar-refractivity contribution in [2.45, 2.75) is 40.5 Å². The van der Waals surface area contributed by atoms with Crippen molar-refractivity contribution >= 4 is 0 Å². The average Bonchev–Trinajstić information content (AvgIpc) is 2.38. The van der Waals surface area contributed by atoms with E-state index in [0.29, 0.717) is 0 Å². The smallest absolute Gasteiger partial charge is 0.0104 e. The van der Waals surface area contributed by atoms with Gasteiger partial charge < -0.3 is 10.2 Å². The molecule has 0 aliphatic carbocycles. The van der Waals surface area contributed by atoms with Crippen LogP contribution in [0, 0.1) is 0 Å². The molecule has 1 fully saturated rings. The molecule has 2 heteroatoms. The Balaban J connectivity index is 0. The van der Waals surface area contributed by atoms with Gasteiger partial charge >= 0.3 is 0 Å². The summed E-state index contributed by atoms with van der Waals surface area (Å²) in [7, 11) is 2.17. The van der Waals surface area contributed by atoms with Crippen LogP contribution in [0.5, 0.6) is 0 Å². The first kappa shape index (κ1) is 15.4. The predicted molar refractivity (Wildman–Crippen MR) is 62.3 cm³/mol. The zero-order valence-electron chi connectivity index (χ0n) is 10.2. The number of hydrogen-bond acceptors (Lipinski definition) is 2. The molecule has 1 saturated heterocycles. The van der Waals surface area contributed by atoms with E-state index in [0.717, 1.165) is 6.54 Å². The molecular formula is C11H28N2. The maximum Gasteiger partial charge on any atom is 0.0104 e. The number of nitrogens with one attached hydrogen (secondary N) is 1. The summed E-state index contributed by atoms with van der Waals surface area (Å²) in [4.78, 5) is 2.36. The second kappa shape index (κ2) is 14.4. The van der Waals surface area contributed by atoms with E-state index in [1.807, 2.05) is 13.8 Å². The molecule has 0 saturated carbocycles. The lowest BCUT2D eigenvalue weighted by atomic mass is 10.4. The molecule has 1 rings (SSSR count). The van der Waals surface area contributed by atoms with Crippen molar-refractivity contribution in [3.63, 3.8) is 0 Å². The molecule has 1 N–H and O–H groups in total. The monoisotopic (exact) mass is 188 g/mol. The van der Waals surface area contributed by atoms with Gasteiger partial charge in [0.25, 0.3) is 0 Å². The fraction of sp³-hybridized carbons (Fsp3) is 1.00. The first-order chi connectivity index (χ1) is 6.31. The molecule has 0 atom stereocenters. The minimum absolute atomic E-state index is 1.16. The minimum atomic E-state index is 1.16. The second-order valence-electron chi connectivity index (χ2n) is 3.11. The highest BCUT2D eigenvalue weighted by atomic mass is 15.1. The molecule has 0 radical (unpaired) electrons. The third-order valence-corrected chi connectivity index (χ3v) is 1.56. The topological polar surface area (TPSA) is 15.3 Å². The molecule has 1 aliphatic heterocycles. The zero-order valence-corrected chi connectivity index (χ0v) is 10.2. The van der Waals surface area contributed by atoms with Crippen LogP contribution in [0.15, 0.2) is 0 Å². The lowest BCUT2D eigenvalue weighted by Gasteiger charge is -2.09. The fourth-order valence-corrected chi connectivity index (χ4v) is 0.981. The number of rotatable bonds is 0. The third-order valence-electron chi connectivity index (χ3n) is 1.56. The van der Waals surface area contributed by atoms with E-state index in [2.05, 4.69) is 31.1 Å². The van der Waals surface area contributed by atoms with Gasteiger partial charge in [0.2, 0.25) is 0 Å². The summed E-state index contributed by atoms with van der Waals surface area (Å²) in [5, 5.41) is 3.34. The summed E-state index contributed by atoms with van der Waals surface area (Å²) in [5.74, 6) is 0. The van der Waals surface area contributed by atoms with Crippen LogP contribution < -0.4 is 5.32 Å². The Bertz CT molecular complexity index is 66.5. The lowest BCUT2D eigenvalue weighted by molar-refractivity contribution is 0.358. The molecule has 0 aromatic heterocycles. The molecule has 0 aromatic carbocycles. The summed E-state index contributed by atoms with van der Waals surface area (Å²) in [6.45, 7) is 13.1. The van der Waals surface area contributed by atoms with Crippen LogP contribution in [-0.2, 0) is 0 Å². The van der Waals surface area contributed by atoms with Crippen molar-refractivity contribution in [3.05, 3.63) is 0 Å². The Hall–Kier alpha value is -0.0800.